The number of nitrogens with one attached hydrogen (secondary N) is 2. The van der Waals surface area contributed by atoms with Crippen molar-refractivity contribution in [2.24, 2.45) is 23.2 Å². The first-order valence-corrected chi connectivity index (χ1v) is 18.0. The van der Waals surface area contributed by atoms with E-state index in [1.807, 2.05) is 13.8 Å². The maximum atomic E-state index is 13.9. The SMILES string of the molecule is CC(C)[C@@H](C)C(=O)Nc1ncnn2c([C@]3(C#N)O[C@H](COC(=O)CC4CCCCC4)[C@@H](OC(=O)[C@@H](NC(=O)OC(C)(C)C)C(C)(C)C)[C@H]3O)ccc12. The number of carbonyl (C=O) groups excluding carboxylic acids is 4. The minimum atomic E-state index is -2.19. The van der Waals surface area contributed by atoms with Crippen LogP contribution in [0.4, 0.5) is 10.6 Å². The van der Waals surface area contributed by atoms with Crippen molar-refractivity contribution in [3.8, 4) is 6.07 Å². The van der Waals surface area contributed by atoms with E-state index in [0.717, 1.165) is 32.1 Å². The van der Waals surface area contributed by atoms with Gasteiger partial charge >= 0.3 is 18.0 Å². The van der Waals surface area contributed by atoms with E-state index in [0.29, 0.717) is 5.52 Å². The molecule has 6 atom stereocenters. The highest BCUT2D eigenvalue weighted by Crippen LogP contribution is 2.42. The summed E-state index contributed by atoms with van der Waals surface area (Å²) in [5.74, 6) is -1.55. The number of fused-ring (bicyclic) bond motifs is 1. The van der Waals surface area contributed by atoms with Gasteiger partial charge in [0.1, 0.15) is 48.4 Å². The van der Waals surface area contributed by atoms with Gasteiger partial charge in [-0.15, -0.1) is 0 Å². The highest BCUT2D eigenvalue weighted by Gasteiger charge is 2.60. The molecule has 1 aliphatic carbocycles. The second kappa shape index (κ2) is 16.2. The number of rotatable bonds is 11. The Hall–Kier alpha value is -4.29. The second-order valence-corrected chi connectivity index (χ2v) is 16.3. The van der Waals surface area contributed by atoms with Crippen LogP contribution in [0.15, 0.2) is 18.5 Å². The molecule has 1 aliphatic heterocycles. The van der Waals surface area contributed by atoms with Crippen LogP contribution in [0, 0.1) is 34.5 Å². The zero-order valence-electron chi connectivity index (χ0n) is 31.7. The van der Waals surface area contributed by atoms with Gasteiger partial charge in [0.15, 0.2) is 11.9 Å². The van der Waals surface area contributed by atoms with Crippen LogP contribution < -0.4 is 10.6 Å². The molecule has 0 bridgehead atoms. The van der Waals surface area contributed by atoms with Crippen LogP contribution in [0.25, 0.3) is 5.52 Å². The number of alkyl carbamates (subject to hydrolysis) is 1. The van der Waals surface area contributed by atoms with Crippen molar-refractivity contribution in [2.75, 3.05) is 11.9 Å². The van der Waals surface area contributed by atoms with Crippen molar-refractivity contribution in [3.63, 3.8) is 0 Å². The van der Waals surface area contributed by atoms with Crippen molar-refractivity contribution in [3.05, 3.63) is 24.2 Å². The van der Waals surface area contributed by atoms with Gasteiger partial charge in [-0.1, -0.05) is 60.8 Å². The molecule has 2 fully saturated rings. The summed E-state index contributed by atoms with van der Waals surface area (Å²) in [6.07, 6.45) is 0.965. The molecule has 1 saturated carbocycles. The Labute approximate surface area is 305 Å². The van der Waals surface area contributed by atoms with Crippen LogP contribution >= 0.6 is 0 Å². The fraction of sp³-hybridized carbons (Fsp3) is 0.703. The van der Waals surface area contributed by atoms with Gasteiger partial charge in [-0.3, -0.25) is 9.59 Å². The largest absolute Gasteiger partial charge is 0.463 e. The zero-order chi connectivity index (χ0) is 38.6. The average molecular weight is 727 g/mol. The van der Waals surface area contributed by atoms with E-state index < -0.39 is 65.6 Å². The number of esters is 2. The molecule has 0 spiro atoms. The Morgan fingerprint density at radius 1 is 1.10 bits per heavy atom. The van der Waals surface area contributed by atoms with Crippen molar-refractivity contribution in [2.45, 2.75) is 136 Å². The average Bonchev–Trinajstić information content (AvgIpc) is 3.61. The molecule has 3 heterocycles. The van der Waals surface area contributed by atoms with Crippen LogP contribution in [-0.2, 0) is 38.9 Å². The van der Waals surface area contributed by atoms with Gasteiger partial charge in [0.2, 0.25) is 11.5 Å². The first-order chi connectivity index (χ1) is 24.3. The molecular weight excluding hydrogens is 672 g/mol. The molecule has 2 aliphatic rings. The Balaban J connectivity index is 1.67. The number of ether oxygens (including phenoxy) is 4. The topological polar surface area (TPSA) is 203 Å². The maximum Gasteiger partial charge on any atom is 0.408 e. The van der Waals surface area contributed by atoms with Gasteiger partial charge in [0.05, 0.1) is 5.69 Å². The molecule has 52 heavy (non-hydrogen) atoms. The number of anilines is 1. The number of amides is 2. The summed E-state index contributed by atoms with van der Waals surface area (Å²) in [5, 5.41) is 32.3. The van der Waals surface area contributed by atoms with Gasteiger partial charge in [0.25, 0.3) is 0 Å². The van der Waals surface area contributed by atoms with Crippen LogP contribution in [-0.4, -0.2) is 80.2 Å². The van der Waals surface area contributed by atoms with E-state index in [-0.39, 0.29) is 41.6 Å². The maximum absolute atomic E-state index is 13.9. The summed E-state index contributed by atoms with van der Waals surface area (Å²) in [4.78, 5) is 56.7. The molecule has 0 aromatic carbocycles. The molecule has 0 unspecified atom stereocenters. The van der Waals surface area contributed by atoms with Crippen molar-refractivity contribution in [1.29, 1.82) is 5.26 Å². The smallest absolute Gasteiger partial charge is 0.408 e. The van der Waals surface area contributed by atoms with E-state index >= 15 is 0 Å². The predicted molar refractivity (Wildman–Crippen MR) is 188 cm³/mol. The number of nitriles is 1. The molecule has 0 radical (unpaired) electrons. The minimum absolute atomic E-state index is 0.0589. The van der Waals surface area contributed by atoms with E-state index in [4.69, 9.17) is 18.9 Å². The molecule has 3 N–H and O–H groups in total. The second-order valence-electron chi connectivity index (χ2n) is 16.3. The van der Waals surface area contributed by atoms with Crippen LogP contribution in [0.2, 0.25) is 0 Å². The summed E-state index contributed by atoms with van der Waals surface area (Å²) in [7, 11) is 0. The lowest BCUT2D eigenvalue weighted by Gasteiger charge is -2.32. The van der Waals surface area contributed by atoms with Gasteiger partial charge in [-0.05, 0) is 63.0 Å². The number of hydrogen-bond donors (Lipinski definition) is 3. The molecule has 2 aromatic rings. The molecule has 15 nitrogen and oxygen atoms in total. The van der Waals surface area contributed by atoms with Crippen LogP contribution in [0.5, 0.6) is 0 Å². The molecule has 15 heteroatoms. The van der Waals surface area contributed by atoms with Gasteiger partial charge in [0, 0.05) is 12.3 Å². The molecule has 1 saturated heterocycles. The third-order valence-corrected chi connectivity index (χ3v) is 9.69. The van der Waals surface area contributed by atoms with Crippen LogP contribution in [0.1, 0.15) is 107 Å². The fourth-order valence-electron chi connectivity index (χ4n) is 6.40. The molecular formula is C37H54N6O9. The number of hydrogen-bond acceptors (Lipinski definition) is 12. The van der Waals surface area contributed by atoms with E-state index in [2.05, 4.69) is 26.8 Å². The van der Waals surface area contributed by atoms with E-state index in [1.165, 1.54) is 16.9 Å². The Kier molecular flexibility index (Phi) is 12.6. The summed E-state index contributed by atoms with van der Waals surface area (Å²) in [6.45, 7) is 15.4. The Morgan fingerprint density at radius 3 is 2.37 bits per heavy atom. The number of aliphatic hydroxyl groups excluding tert-OH is 1. The van der Waals surface area contributed by atoms with Crippen molar-refractivity contribution >= 4 is 35.3 Å². The standard InChI is InChI=1S/C37H54N6O9/c1-21(2)22(3)32(46)42-31-24-15-16-26(43(24)40-20-39-31)37(19-38)30(45)28(25(51-37)18-49-27(44)17-23-13-11-10-12-14-23)50-33(47)29(35(4,5)6)41-34(48)52-36(7,8)9/h15-16,20-23,25,28-30,45H,10-14,17-18H2,1-9H3,(H,41,48)(H,39,40,42,46)/t22-,25-,28-,29-,30-,37+/m1/s1. The normalized spacial score (nSPS) is 23.8. The Morgan fingerprint density at radius 2 is 1.77 bits per heavy atom. The lowest BCUT2D eigenvalue weighted by Crippen LogP contribution is -2.53. The first kappa shape index (κ1) is 40.5. The highest BCUT2D eigenvalue weighted by molar-refractivity contribution is 5.95. The molecule has 2 amide bonds. The quantitative estimate of drug-likeness (QED) is 0.211. The van der Waals surface area contributed by atoms with Crippen molar-refractivity contribution in [1.82, 2.24) is 19.9 Å². The highest BCUT2D eigenvalue weighted by atomic mass is 16.6. The van der Waals surface area contributed by atoms with E-state index in [9.17, 15) is 29.5 Å². The Bertz CT molecular complexity index is 1650. The monoisotopic (exact) mass is 726 g/mol. The lowest BCUT2D eigenvalue weighted by molar-refractivity contribution is -0.164. The summed E-state index contributed by atoms with van der Waals surface area (Å²) in [5.41, 5.74) is -3.53. The molecule has 4 rings (SSSR count). The first-order valence-electron chi connectivity index (χ1n) is 18.0. The number of aromatic nitrogens is 3. The van der Waals surface area contributed by atoms with Gasteiger partial charge in [-0.2, -0.15) is 10.4 Å². The number of carbonyl (C=O) groups is 4. The van der Waals surface area contributed by atoms with Gasteiger partial charge < -0.3 is 34.7 Å². The minimum Gasteiger partial charge on any atom is -0.463 e. The third kappa shape index (κ3) is 9.38. The van der Waals surface area contributed by atoms with Gasteiger partial charge in [-0.25, -0.2) is 19.1 Å². The fourth-order valence-corrected chi connectivity index (χ4v) is 6.40. The molecule has 286 valence electrons. The third-order valence-electron chi connectivity index (χ3n) is 9.69. The van der Waals surface area contributed by atoms with Crippen molar-refractivity contribution < 1.29 is 43.2 Å². The summed E-state index contributed by atoms with van der Waals surface area (Å²) >= 11 is 0. The van der Waals surface area contributed by atoms with Crippen LogP contribution in [0.3, 0.4) is 0 Å². The predicted octanol–water partition coefficient (Wildman–Crippen LogP) is 4.80. The zero-order valence-corrected chi connectivity index (χ0v) is 31.7. The molecule has 2 aromatic heterocycles. The summed E-state index contributed by atoms with van der Waals surface area (Å²) < 4.78 is 24.5. The number of aliphatic hydroxyl groups is 1. The summed E-state index contributed by atoms with van der Waals surface area (Å²) in [6, 6.07) is 3.87. The lowest BCUT2D eigenvalue weighted by atomic mass is 9.86. The van der Waals surface area contributed by atoms with E-state index in [1.54, 1.807) is 54.5 Å². The number of nitrogens with zero attached hydrogens (tertiary/aromatic N) is 4.